The quantitative estimate of drug-likeness (QED) is 0.465. The third-order valence-corrected chi connectivity index (χ3v) is 1.29. The lowest BCUT2D eigenvalue weighted by Gasteiger charge is -2.01. The summed E-state index contributed by atoms with van der Waals surface area (Å²) >= 11 is 0. The Balaban J connectivity index is 3.03. The molecule has 0 aliphatic carbocycles. The van der Waals surface area contributed by atoms with E-state index in [9.17, 15) is 4.79 Å². The average Bonchev–Trinajstić information content (AvgIpc) is 2.04. The molecular formula is C7H6BNO2. The van der Waals surface area contributed by atoms with Gasteiger partial charge >= 0.3 is 14.0 Å². The molecule has 0 unspecified atom stereocenters. The Labute approximate surface area is 65.6 Å². The van der Waals surface area contributed by atoms with Gasteiger partial charge in [-0.1, -0.05) is 12.1 Å². The first-order valence-electron chi connectivity index (χ1n) is 3.01. The van der Waals surface area contributed by atoms with Gasteiger partial charge in [0.15, 0.2) is 0 Å². The molecule has 2 radical (unpaired) electrons. The summed E-state index contributed by atoms with van der Waals surface area (Å²) < 4.78 is 4.00. The van der Waals surface area contributed by atoms with Crippen LogP contribution in [0.1, 0.15) is 10.4 Å². The first-order valence-corrected chi connectivity index (χ1v) is 3.01. The zero-order valence-electron chi connectivity index (χ0n) is 5.78. The smallest absolute Gasteiger partial charge is 0.378 e. The number of nitrogens with two attached hydrogens (primary N) is 1. The van der Waals surface area contributed by atoms with Crippen molar-refractivity contribution in [3.63, 3.8) is 0 Å². The zero-order chi connectivity index (χ0) is 8.27. The second-order valence-corrected chi connectivity index (χ2v) is 1.99. The standard InChI is InChI=1S/C7H6BNO2/c8-11-7(10)5-3-1-2-4-6(5)9/h1-4H,9H2. The maximum absolute atomic E-state index is 10.8. The van der Waals surface area contributed by atoms with Crippen molar-refractivity contribution in [3.8, 4) is 0 Å². The van der Waals surface area contributed by atoms with Crippen LogP contribution in [0.5, 0.6) is 0 Å². The van der Waals surface area contributed by atoms with Gasteiger partial charge in [-0.15, -0.1) is 0 Å². The Hall–Kier alpha value is -1.45. The van der Waals surface area contributed by atoms with E-state index >= 15 is 0 Å². The summed E-state index contributed by atoms with van der Waals surface area (Å²) in [5, 5.41) is 0. The molecule has 0 saturated carbocycles. The molecule has 0 aliphatic heterocycles. The highest BCUT2D eigenvalue weighted by atomic mass is 16.5. The molecule has 2 N–H and O–H groups in total. The minimum atomic E-state index is -0.622. The Morgan fingerprint density at radius 2 is 2.09 bits per heavy atom. The van der Waals surface area contributed by atoms with E-state index in [0.717, 1.165) is 0 Å². The monoisotopic (exact) mass is 147 g/mol. The third kappa shape index (κ3) is 1.52. The molecule has 0 fully saturated rings. The molecule has 1 aromatic rings. The number of anilines is 1. The largest absolute Gasteiger partial charge is 0.540 e. The first-order chi connectivity index (χ1) is 5.25. The number of carbonyl (C=O) groups excluding carboxylic acids is 1. The number of benzene rings is 1. The molecule has 0 bridgehead atoms. The number of hydrogen-bond donors (Lipinski definition) is 1. The van der Waals surface area contributed by atoms with E-state index in [1.165, 1.54) is 0 Å². The SMILES string of the molecule is [B]OC(=O)c1ccccc1N. The Morgan fingerprint density at radius 1 is 1.45 bits per heavy atom. The van der Waals surface area contributed by atoms with Gasteiger partial charge in [0.2, 0.25) is 0 Å². The van der Waals surface area contributed by atoms with Crippen LogP contribution in [0.2, 0.25) is 0 Å². The molecule has 0 spiro atoms. The Kier molecular flexibility index (Phi) is 2.16. The Morgan fingerprint density at radius 3 is 2.64 bits per heavy atom. The maximum atomic E-state index is 10.8. The predicted molar refractivity (Wildman–Crippen MR) is 42.0 cm³/mol. The van der Waals surface area contributed by atoms with E-state index in [0.29, 0.717) is 5.69 Å². The van der Waals surface area contributed by atoms with Crippen LogP contribution in [-0.2, 0) is 4.65 Å². The first kappa shape index (κ1) is 7.66. The minimum Gasteiger partial charge on any atom is -0.540 e. The van der Waals surface area contributed by atoms with Crippen molar-refractivity contribution >= 4 is 19.7 Å². The predicted octanol–water partition coefficient (Wildman–Crippen LogP) is 0.509. The highest BCUT2D eigenvalue weighted by molar-refractivity contribution is 6.10. The number of nitrogen functional groups attached to an aromatic ring is 1. The summed E-state index contributed by atoms with van der Waals surface area (Å²) in [7, 11) is 4.67. The highest BCUT2D eigenvalue weighted by Gasteiger charge is 2.06. The normalized spacial score (nSPS) is 9.09. The summed E-state index contributed by atoms with van der Waals surface area (Å²) in [5.41, 5.74) is 6.09. The van der Waals surface area contributed by atoms with E-state index in [1.54, 1.807) is 24.3 Å². The second-order valence-electron chi connectivity index (χ2n) is 1.99. The fourth-order valence-corrected chi connectivity index (χ4v) is 0.746. The number of carbonyl (C=O) groups is 1. The molecule has 4 heteroatoms. The molecule has 0 heterocycles. The van der Waals surface area contributed by atoms with Crippen molar-refractivity contribution in [3.05, 3.63) is 29.8 Å². The van der Waals surface area contributed by atoms with Gasteiger partial charge in [-0.25, -0.2) is 4.79 Å². The number of para-hydroxylation sites is 1. The van der Waals surface area contributed by atoms with E-state index in [4.69, 9.17) is 5.73 Å². The second kappa shape index (κ2) is 3.10. The molecule has 0 aliphatic rings. The van der Waals surface area contributed by atoms with E-state index in [2.05, 4.69) is 12.7 Å². The molecule has 54 valence electrons. The molecule has 0 amide bonds. The molecule has 1 rings (SSSR count). The van der Waals surface area contributed by atoms with Crippen LogP contribution in [0, 0.1) is 0 Å². The van der Waals surface area contributed by atoms with Crippen LogP contribution < -0.4 is 5.73 Å². The van der Waals surface area contributed by atoms with Crippen LogP contribution in [0.25, 0.3) is 0 Å². The third-order valence-electron chi connectivity index (χ3n) is 1.29. The molecule has 0 atom stereocenters. The van der Waals surface area contributed by atoms with E-state index in [-0.39, 0.29) is 5.56 Å². The van der Waals surface area contributed by atoms with Crippen molar-refractivity contribution in [1.82, 2.24) is 0 Å². The molecule has 1 aromatic carbocycles. The fraction of sp³-hybridized carbons (Fsp3) is 0. The van der Waals surface area contributed by atoms with Crippen molar-refractivity contribution in [2.75, 3.05) is 5.73 Å². The van der Waals surface area contributed by atoms with Crippen molar-refractivity contribution in [1.29, 1.82) is 0 Å². The van der Waals surface area contributed by atoms with Crippen LogP contribution in [0.4, 0.5) is 5.69 Å². The van der Waals surface area contributed by atoms with Gasteiger partial charge in [-0.2, -0.15) is 0 Å². The lowest BCUT2D eigenvalue weighted by Crippen LogP contribution is -2.05. The summed E-state index contributed by atoms with van der Waals surface area (Å²) in [6.07, 6.45) is 0. The fourth-order valence-electron chi connectivity index (χ4n) is 0.746. The van der Waals surface area contributed by atoms with Gasteiger partial charge in [0.1, 0.15) is 0 Å². The van der Waals surface area contributed by atoms with Gasteiger partial charge in [0.05, 0.1) is 5.56 Å². The summed E-state index contributed by atoms with van der Waals surface area (Å²) in [6, 6.07) is 6.56. The van der Waals surface area contributed by atoms with Crippen molar-refractivity contribution < 1.29 is 9.45 Å². The summed E-state index contributed by atoms with van der Waals surface area (Å²) in [5.74, 6) is -0.622. The number of hydrogen-bond acceptors (Lipinski definition) is 3. The average molecular weight is 147 g/mol. The zero-order valence-corrected chi connectivity index (χ0v) is 5.78. The van der Waals surface area contributed by atoms with Crippen LogP contribution in [0.3, 0.4) is 0 Å². The van der Waals surface area contributed by atoms with Gasteiger partial charge < -0.3 is 10.4 Å². The van der Waals surface area contributed by atoms with Gasteiger partial charge in [-0.05, 0) is 12.1 Å². The minimum absolute atomic E-state index is 0.287. The summed E-state index contributed by atoms with van der Waals surface area (Å²) in [4.78, 5) is 10.8. The van der Waals surface area contributed by atoms with Crippen LogP contribution in [-0.4, -0.2) is 14.0 Å². The van der Waals surface area contributed by atoms with Crippen LogP contribution in [0.15, 0.2) is 24.3 Å². The summed E-state index contributed by atoms with van der Waals surface area (Å²) in [6.45, 7) is 0. The lowest BCUT2D eigenvalue weighted by molar-refractivity contribution is 0.0751. The van der Waals surface area contributed by atoms with Crippen molar-refractivity contribution in [2.24, 2.45) is 0 Å². The Bertz CT molecular complexity index is 275. The molecule has 11 heavy (non-hydrogen) atoms. The molecular weight excluding hydrogens is 141 g/mol. The molecule has 3 nitrogen and oxygen atoms in total. The van der Waals surface area contributed by atoms with Gasteiger partial charge in [0.25, 0.3) is 0 Å². The van der Waals surface area contributed by atoms with E-state index < -0.39 is 5.97 Å². The topological polar surface area (TPSA) is 52.3 Å². The lowest BCUT2D eigenvalue weighted by atomic mass is 10.2. The van der Waals surface area contributed by atoms with Crippen LogP contribution >= 0.6 is 0 Å². The van der Waals surface area contributed by atoms with Crippen molar-refractivity contribution in [2.45, 2.75) is 0 Å². The maximum Gasteiger partial charge on any atom is 0.378 e. The van der Waals surface area contributed by atoms with E-state index in [1.807, 2.05) is 0 Å². The molecule has 0 saturated heterocycles. The highest BCUT2D eigenvalue weighted by Crippen LogP contribution is 2.10. The van der Waals surface area contributed by atoms with Gasteiger partial charge in [0, 0.05) is 5.69 Å². The van der Waals surface area contributed by atoms with Gasteiger partial charge in [-0.3, -0.25) is 0 Å². The molecule has 0 aromatic heterocycles. The number of rotatable bonds is 1.